The number of carbonyl (C=O) groups excluding carboxylic acids is 1. The van der Waals surface area contributed by atoms with Crippen molar-refractivity contribution in [3.63, 3.8) is 0 Å². The van der Waals surface area contributed by atoms with E-state index in [4.69, 9.17) is 0 Å². The topological polar surface area (TPSA) is 40.1 Å². The van der Waals surface area contributed by atoms with Gasteiger partial charge in [-0.15, -0.1) is 0 Å². The molecule has 0 unspecified atom stereocenters. The summed E-state index contributed by atoms with van der Waals surface area (Å²) in [7, 11) is 0. The van der Waals surface area contributed by atoms with Gasteiger partial charge in [-0.3, -0.25) is 0 Å². The first kappa shape index (κ1) is 33.0. The van der Waals surface area contributed by atoms with E-state index in [1.165, 1.54) is 141 Å². The number of hydrogen-bond acceptors (Lipinski definition) is 2. The Balaban J connectivity index is 0. The first-order valence-corrected chi connectivity index (χ1v) is 13.6. The van der Waals surface area contributed by atoms with Gasteiger partial charge < -0.3 is 9.90 Å². The van der Waals surface area contributed by atoms with Gasteiger partial charge >= 0.3 is 18.9 Å². The fraction of sp³-hybridized carbons (Fsp3) is 0.893. The first-order valence-electron chi connectivity index (χ1n) is 13.6. The van der Waals surface area contributed by atoms with Crippen LogP contribution in [-0.2, 0) is 4.79 Å². The number of hydrogen-bond donors (Lipinski definition) is 0. The molecule has 0 fully saturated rings. The monoisotopic (exact) mass is 428 g/mol. The van der Waals surface area contributed by atoms with E-state index in [1.807, 2.05) is 0 Å². The number of allylic oxidation sites excluding steroid dienone is 1. The normalized spacial score (nSPS) is 11.1. The van der Waals surface area contributed by atoms with Crippen LogP contribution in [0.1, 0.15) is 161 Å². The van der Waals surface area contributed by atoms with Gasteiger partial charge in [-0.05, 0) is 18.9 Å². The van der Waals surface area contributed by atoms with Gasteiger partial charge in [0.25, 0.3) is 0 Å². The molecule has 31 heavy (non-hydrogen) atoms. The molecule has 0 spiro atoms. The van der Waals surface area contributed by atoms with Crippen molar-refractivity contribution < 1.29 is 28.8 Å². The second kappa shape index (κ2) is 29.8. The molecule has 0 aliphatic heterocycles. The Hall–Kier alpha value is -0.193. The largest absolute Gasteiger partial charge is 1.00 e. The summed E-state index contributed by atoms with van der Waals surface area (Å²) in [6, 6.07) is 0. The minimum absolute atomic E-state index is 0. The van der Waals surface area contributed by atoms with Gasteiger partial charge in [0.15, 0.2) is 0 Å². The molecule has 0 heterocycles. The minimum atomic E-state index is -1.08. The van der Waals surface area contributed by atoms with Gasteiger partial charge in [-0.1, -0.05) is 154 Å². The molecular weight excluding hydrogens is 375 g/mol. The maximum atomic E-state index is 10.2. The maximum absolute atomic E-state index is 10.2. The van der Waals surface area contributed by atoms with E-state index >= 15 is 0 Å². The van der Waals surface area contributed by atoms with Crippen LogP contribution in [0.5, 0.6) is 0 Å². The molecule has 0 amide bonds. The van der Waals surface area contributed by atoms with E-state index < -0.39 is 5.97 Å². The van der Waals surface area contributed by atoms with Crippen molar-refractivity contribution >= 4 is 5.97 Å². The van der Waals surface area contributed by atoms with Crippen LogP contribution >= 0.6 is 0 Å². The summed E-state index contributed by atoms with van der Waals surface area (Å²) in [4.78, 5) is 10.2. The molecule has 0 aliphatic carbocycles. The van der Waals surface area contributed by atoms with E-state index in [2.05, 4.69) is 6.92 Å². The molecule has 0 saturated heterocycles. The van der Waals surface area contributed by atoms with Crippen LogP contribution in [0.4, 0.5) is 0 Å². The summed E-state index contributed by atoms with van der Waals surface area (Å²) in [6.07, 6.45) is 36.0. The van der Waals surface area contributed by atoms with Crippen molar-refractivity contribution in [1.82, 2.24) is 0 Å². The van der Waals surface area contributed by atoms with Crippen molar-refractivity contribution in [1.29, 1.82) is 0 Å². The van der Waals surface area contributed by atoms with Crippen molar-refractivity contribution in [3.05, 3.63) is 12.2 Å². The third kappa shape index (κ3) is 32.1. The van der Waals surface area contributed by atoms with Gasteiger partial charge in [0.1, 0.15) is 0 Å². The van der Waals surface area contributed by atoms with Crippen LogP contribution in [0.25, 0.3) is 0 Å². The van der Waals surface area contributed by atoms with Crippen LogP contribution < -0.4 is 24.0 Å². The predicted octanol–water partition coefficient (Wildman–Crippen LogP) is 5.68. The Morgan fingerprint density at radius 2 is 0.774 bits per heavy atom. The number of aliphatic carboxylic acids is 1. The Labute approximate surface area is 207 Å². The molecule has 0 radical (unpaired) electrons. The molecule has 2 nitrogen and oxygen atoms in total. The fourth-order valence-electron chi connectivity index (χ4n) is 4.23. The molecule has 0 atom stereocenters. The van der Waals surface area contributed by atoms with Gasteiger partial charge in [0.05, 0.1) is 5.97 Å². The second-order valence-corrected chi connectivity index (χ2v) is 9.29. The van der Waals surface area contributed by atoms with Crippen LogP contribution in [0, 0.1) is 0 Å². The van der Waals surface area contributed by atoms with E-state index in [-0.39, 0.29) is 18.9 Å². The van der Waals surface area contributed by atoms with Gasteiger partial charge in [-0.2, -0.15) is 0 Å². The van der Waals surface area contributed by atoms with Crippen LogP contribution in [0.15, 0.2) is 12.2 Å². The number of carboxylic acids is 1. The summed E-state index contributed by atoms with van der Waals surface area (Å²) in [5.41, 5.74) is 0. The fourth-order valence-corrected chi connectivity index (χ4v) is 4.23. The van der Waals surface area contributed by atoms with E-state index in [0.29, 0.717) is 0 Å². The van der Waals surface area contributed by atoms with E-state index in [0.717, 1.165) is 18.9 Å². The number of carboxylic acid groups (broad SMARTS) is 1. The molecule has 0 aromatic heterocycles. The van der Waals surface area contributed by atoms with E-state index in [9.17, 15) is 9.90 Å². The Morgan fingerprint density at radius 1 is 0.516 bits per heavy atom. The number of carbonyl (C=O) groups is 1. The third-order valence-corrected chi connectivity index (χ3v) is 6.23. The predicted molar refractivity (Wildman–Crippen MR) is 131 cm³/mol. The van der Waals surface area contributed by atoms with Gasteiger partial charge in [0.2, 0.25) is 0 Å². The van der Waals surface area contributed by atoms with E-state index in [1.54, 1.807) is 6.08 Å². The van der Waals surface area contributed by atoms with Crippen LogP contribution in [-0.4, -0.2) is 5.97 Å². The summed E-state index contributed by atoms with van der Waals surface area (Å²) >= 11 is 0. The molecule has 0 aliphatic rings. The molecular formula is C28H53LiO2. The summed E-state index contributed by atoms with van der Waals surface area (Å²) in [5, 5.41) is 10.2. The Bertz CT molecular complexity index is 368. The summed E-state index contributed by atoms with van der Waals surface area (Å²) in [5.74, 6) is -1.08. The average molecular weight is 429 g/mol. The third-order valence-electron chi connectivity index (χ3n) is 6.23. The Kier molecular flexibility index (Phi) is 31.7. The molecule has 0 saturated carbocycles. The second-order valence-electron chi connectivity index (χ2n) is 9.29. The quantitative estimate of drug-likeness (QED) is 0.107. The zero-order valence-electron chi connectivity index (χ0n) is 21.4. The van der Waals surface area contributed by atoms with Gasteiger partial charge in [0, 0.05) is 0 Å². The average Bonchev–Trinajstić information content (AvgIpc) is 2.73. The molecule has 0 bridgehead atoms. The molecule has 0 rings (SSSR count). The molecule has 3 heteroatoms. The van der Waals surface area contributed by atoms with Gasteiger partial charge in [-0.25, -0.2) is 0 Å². The van der Waals surface area contributed by atoms with Crippen molar-refractivity contribution in [2.45, 2.75) is 161 Å². The number of rotatable bonds is 25. The number of unbranched alkanes of at least 4 members (excludes halogenated alkanes) is 23. The van der Waals surface area contributed by atoms with Crippen molar-refractivity contribution in [2.75, 3.05) is 0 Å². The van der Waals surface area contributed by atoms with Crippen molar-refractivity contribution in [2.24, 2.45) is 0 Å². The SMILES string of the molecule is CCCCCCCCCCCCCCCCCCCCCCCCCC=CC(=O)[O-].[Li+]. The van der Waals surface area contributed by atoms with Crippen LogP contribution in [0.3, 0.4) is 0 Å². The van der Waals surface area contributed by atoms with Crippen LogP contribution in [0.2, 0.25) is 0 Å². The smallest absolute Gasteiger partial charge is 0.545 e. The Morgan fingerprint density at radius 3 is 1.03 bits per heavy atom. The molecule has 0 aromatic carbocycles. The first-order chi connectivity index (χ1) is 14.8. The molecule has 178 valence electrons. The summed E-state index contributed by atoms with van der Waals surface area (Å²) in [6.45, 7) is 2.29. The zero-order chi connectivity index (χ0) is 22.0. The standard InChI is InChI=1S/C28H54O2.Li/c1-2-3-4-5-6-7-8-9-10-11-12-13-14-15-16-17-18-19-20-21-22-23-24-25-26-27-28(29)30;/h26-27H,2-25H2,1H3,(H,29,30);/q;+1/p-1. The zero-order valence-corrected chi connectivity index (χ0v) is 21.4. The van der Waals surface area contributed by atoms with Crippen molar-refractivity contribution in [3.8, 4) is 0 Å². The summed E-state index contributed by atoms with van der Waals surface area (Å²) < 4.78 is 0. The maximum Gasteiger partial charge on any atom is 1.00 e. The minimum Gasteiger partial charge on any atom is -0.545 e. The molecule has 0 N–H and O–H groups in total. The molecule has 0 aromatic rings.